The summed E-state index contributed by atoms with van der Waals surface area (Å²) in [6.45, 7) is 4.02. The molecule has 2 saturated heterocycles. The van der Waals surface area contributed by atoms with E-state index in [1.807, 2.05) is 24.3 Å². The fourth-order valence-corrected chi connectivity index (χ4v) is 4.24. The van der Waals surface area contributed by atoms with Gasteiger partial charge in [0.1, 0.15) is 0 Å². The van der Waals surface area contributed by atoms with Crippen LogP contribution in [0.4, 0.5) is 24.8 Å². The molecule has 1 unspecified atom stereocenters. The number of rotatable bonds is 3. The summed E-state index contributed by atoms with van der Waals surface area (Å²) in [5.74, 6) is 1.58. The molecule has 3 aromatic rings. The van der Waals surface area contributed by atoms with Crippen molar-refractivity contribution in [2.45, 2.75) is 25.1 Å². The second kappa shape index (κ2) is 7.99. The second-order valence-electron chi connectivity index (χ2n) is 7.88. The minimum atomic E-state index is -4.44. The van der Waals surface area contributed by atoms with Gasteiger partial charge in [-0.15, -0.1) is 0 Å². The van der Waals surface area contributed by atoms with E-state index in [0.717, 1.165) is 61.2 Å². The smallest absolute Gasteiger partial charge is 0.378 e. The van der Waals surface area contributed by atoms with Crippen LogP contribution in [0.5, 0.6) is 0 Å². The molecule has 0 amide bonds. The molecule has 2 fully saturated rings. The van der Waals surface area contributed by atoms with Crippen LogP contribution < -0.4 is 9.80 Å². The average Bonchev–Trinajstić information content (AvgIpc) is 3.30. The fourth-order valence-electron chi connectivity index (χ4n) is 4.24. The molecule has 2 aliphatic rings. The molecule has 31 heavy (non-hydrogen) atoms. The van der Waals surface area contributed by atoms with Gasteiger partial charge in [0, 0.05) is 32.4 Å². The Kier molecular flexibility index (Phi) is 5.17. The number of morpholine rings is 1. The molecule has 0 saturated carbocycles. The lowest BCUT2D eigenvalue weighted by Crippen LogP contribution is -2.41. The molecule has 0 bridgehead atoms. The zero-order valence-corrected chi connectivity index (χ0v) is 16.9. The molecule has 0 spiro atoms. The van der Waals surface area contributed by atoms with Crippen molar-refractivity contribution in [3.05, 3.63) is 42.2 Å². The molecule has 1 aromatic carbocycles. The van der Waals surface area contributed by atoms with E-state index in [9.17, 15) is 13.2 Å². The number of hydrogen-bond donors (Lipinski definition) is 0. The summed E-state index contributed by atoms with van der Waals surface area (Å²) in [6, 6.07) is 8.62. The van der Waals surface area contributed by atoms with Gasteiger partial charge < -0.3 is 14.5 Å². The van der Waals surface area contributed by atoms with Crippen LogP contribution in [-0.2, 0) is 10.9 Å². The van der Waals surface area contributed by atoms with Crippen LogP contribution in [0.3, 0.4) is 0 Å². The zero-order valence-electron chi connectivity index (χ0n) is 16.9. The molecular formula is C21H23F3N6O. The summed E-state index contributed by atoms with van der Waals surface area (Å²) in [7, 11) is 0. The first-order chi connectivity index (χ1) is 15.0. The second-order valence-corrected chi connectivity index (χ2v) is 7.88. The molecule has 10 heteroatoms. The average molecular weight is 432 g/mol. The number of ether oxygens (including phenoxy) is 1. The lowest BCUT2D eigenvalue weighted by molar-refractivity contribution is -0.141. The summed E-state index contributed by atoms with van der Waals surface area (Å²) in [4.78, 5) is 14.1. The van der Waals surface area contributed by atoms with Crippen LogP contribution >= 0.6 is 0 Å². The molecule has 7 nitrogen and oxygen atoms in total. The Morgan fingerprint density at radius 3 is 2.23 bits per heavy atom. The highest BCUT2D eigenvalue weighted by Crippen LogP contribution is 2.34. The van der Waals surface area contributed by atoms with E-state index in [4.69, 9.17) is 14.7 Å². The largest absolute Gasteiger partial charge is 0.435 e. The highest BCUT2D eigenvalue weighted by Gasteiger charge is 2.35. The highest BCUT2D eigenvalue weighted by atomic mass is 19.4. The number of benzene rings is 1. The number of fused-ring (bicyclic) bond motifs is 1. The Bertz CT molecular complexity index is 1060. The van der Waals surface area contributed by atoms with Crippen molar-refractivity contribution in [1.29, 1.82) is 0 Å². The van der Waals surface area contributed by atoms with E-state index in [0.29, 0.717) is 19.8 Å². The van der Waals surface area contributed by atoms with Crippen LogP contribution in [0.15, 0.2) is 36.5 Å². The van der Waals surface area contributed by atoms with Gasteiger partial charge in [-0.1, -0.05) is 12.1 Å². The number of aromatic nitrogens is 4. The molecule has 0 aliphatic carbocycles. The van der Waals surface area contributed by atoms with Crippen LogP contribution in [-0.4, -0.2) is 59.1 Å². The molecule has 0 N–H and O–H groups in total. The monoisotopic (exact) mass is 432 g/mol. The zero-order chi connectivity index (χ0) is 21.4. The van der Waals surface area contributed by atoms with Gasteiger partial charge in [0.2, 0.25) is 0 Å². The van der Waals surface area contributed by atoms with Crippen molar-refractivity contribution in [3.63, 3.8) is 0 Å². The molecular weight excluding hydrogens is 409 g/mol. The Hall–Kier alpha value is -2.88. The van der Waals surface area contributed by atoms with Crippen LogP contribution in [0.1, 0.15) is 24.6 Å². The third-order valence-electron chi connectivity index (χ3n) is 5.81. The number of para-hydroxylation sites is 2. The number of halogens is 3. The first kappa shape index (κ1) is 20.0. The Labute approximate surface area is 177 Å². The van der Waals surface area contributed by atoms with Crippen LogP contribution in [0.2, 0.25) is 0 Å². The summed E-state index contributed by atoms with van der Waals surface area (Å²) in [6.07, 6.45) is -1.41. The van der Waals surface area contributed by atoms with Crippen molar-refractivity contribution >= 4 is 22.7 Å². The first-order valence-electron chi connectivity index (χ1n) is 10.5. The maximum absolute atomic E-state index is 13.0. The maximum atomic E-state index is 13.0. The number of nitrogens with zero attached hydrogens (tertiary/aromatic N) is 6. The van der Waals surface area contributed by atoms with E-state index < -0.39 is 11.9 Å². The number of anilines is 2. The topological polar surface area (TPSA) is 59.3 Å². The van der Waals surface area contributed by atoms with E-state index in [2.05, 4.69) is 14.9 Å². The van der Waals surface area contributed by atoms with Gasteiger partial charge in [0.15, 0.2) is 17.3 Å². The Morgan fingerprint density at radius 1 is 0.903 bits per heavy atom. The van der Waals surface area contributed by atoms with Crippen molar-refractivity contribution in [2.75, 3.05) is 49.2 Å². The third-order valence-corrected chi connectivity index (χ3v) is 5.81. The van der Waals surface area contributed by atoms with Gasteiger partial charge in [-0.2, -0.15) is 18.3 Å². The molecule has 4 heterocycles. The molecule has 1 atom stereocenters. The van der Waals surface area contributed by atoms with Crippen molar-refractivity contribution < 1.29 is 17.9 Å². The van der Waals surface area contributed by atoms with E-state index in [1.165, 1.54) is 10.9 Å². The maximum Gasteiger partial charge on any atom is 0.435 e. The van der Waals surface area contributed by atoms with Gasteiger partial charge in [-0.05, 0) is 31.0 Å². The van der Waals surface area contributed by atoms with E-state index in [-0.39, 0.29) is 6.04 Å². The quantitative estimate of drug-likeness (QED) is 0.631. The summed E-state index contributed by atoms with van der Waals surface area (Å²) >= 11 is 0. The van der Waals surface area contributed by atoms with Crippen molar-refractivity contribution in [2.24, 2.45) is 0 Å². The lowest BCUT2D eigenvalue weighted by Gasteiger charge is -2.37. The van der Waals surface area contributed by atoms with E-state index in [1.54, 1.807) is 0 Å². The van der Waals surface area contributed by atoms with Crippen LogP contribution in [0, 0.1) is 0 Å². The number of alkyl halides is 3. The SMILES string of the molecule is FC(F)(F)c1ccn(C2CCCN(c3nc4ccccc4nc3N3CCOCC3)C2)n1. The van der Waals surface area contributed by atoms with Crippen molar-refractivity contribution in [1.82, 2.24) is 19.7 Å². The van der Waals surface area contributed by atoms with E-state index >= 15 is 0 Å². The molecule has 164 valence electrons. The van der Waals surface area contributed by atoms with Gasteiger partial charge in [0.25, 0.3) is 0 Å². The summed E-state index contributed by atoms with van der Waals surface area (Å²) < 4.78 is 45.9. The first-order valence-corrected chi connectivity index (χ1v) is 10.5. The minimum absolute atomic E-state index is 0.157. The van der Waals surface area contributed by atoms with Crippen LogP contribution in [0.25, 0.3) is 11.0 Å². The summed E-state index contributed by atoms with van der Waals surface area (Å²) in [5, 5.41) is 3.80. The van der Waals surface area contributed by atoms with Gasteiger partial charge in [-0.3, -0.25) is 4.68 Å². The standard InChI is InChI=1S/C21H23F3N6O/c22-21(23,24)18-7-9-30(27-18)15-4-3-8-29(14-15)20-19(28-10-12-31-13-11-28)25-16-5-1-2-6-17(16)26-20/h1-2,5-7,9,15H,3-4,8,10-14H2. The fraction of sp³-hybridized carbons (Fsp3) is 0.476. The lowest BCUT2D eigenvalue weighted by atomic mass is 10.1. The predicted molar refractivity (Wildman–Crippen MR) is 110 cm³/mol. The number of hydrogen-bond acceptors (Lipinski definition) is 6. The Balaban J connectivity index is 1.48. The molecule has 2 aromatic heterocycles. The Morgan fingerprint density at radius 2 is 1.58 bits per heavy atom. The molecule has 5 rings (SSSR count). The highest BCUT2D eigenvalue weighted by molar-refractivity contribution is 5.81. The summed E-state index contributed by atoms with van der Waals surface area (Å²) in [5.41, 5.74) is 0.766. The molecule has 2 aliphatic heterocycles. The van der Waals surface area contributed by atoms with Crippen molar-refractivity contribution in [3.8, 4) is 0 Å². The normalized spacial score (nSPS) is 20.4. The number of piperidine rings is 1. The third kappa shape index (κ3) is 4.04. The van der Waals surface area contributed by atoms with Gasteiger partial charge in [0.05, 0.1) is 30.3 Å². The predicted octanol–water partition coefficient (Wildman–Crippen LogP) is 3.52. The van der Waals surface area contributed by atoms with Gasteiger partial charge in [-0.25, -0.2) is 9.97 Å². The molecule has 0 radical (unpaired) electrons. The minimum Gasteiger partial charge on any atom is -0.378 e. The van der Waals surface area contributed by atoms with Gasteiger partial charge >= 0.3 is 6.18 Å².